The maximum atomic E-state index is 12.0. The first-order valence-corrected chi connectivity index (χ1v) is 10.9. The summed E-state index contributed by atoms with van der Waals surface area (Å²) in [6, 6.07) is 11.4. The van der Waals surface area contributed by atoms with Gasteiger partial charge in [0.2, 0.25) is 0 Å². The van der Waals surface area contributed by atoms with E-state index in [2.05, 4.69) is 21.2 Å². The first kappa shape index (κ1) is 24.5. The molecule has 1 fully saturated rings. The summed E-state index contributed by atoms with van der Waals surface area (Å²) in [6.07, 6.45) is 3.15. The highest BCUT2D eigenvalue weighted by Gasteiger charge is 2.18. The van der Waals surface area contributed by atoms with Crippen molar-refractivity contribution in [2.24, 2.45) is 5.10 Å². The molecule has 3 amide bonds. The number of hydrazone groups is 1. The smallest absolute Gasteiger partial charge is 0.329 e. The predicted octanol–water partition coefficient (Wildman–Crippen LogP) is 2.76. The zero-order chi connectivity index (χ0) is 23.6. The van der Waals surface area contributed by atoms with Crippen LogP contribution < -0.4 is 20.8 Å². The summed E-state index contributed by atoms with van der Waals surface area (Å²) in [5.74, 6) is -1.53. The van der Waals surface area contributed by atoms with Crippen LogP contribution in [0.15, 0.2) is 47.6 Å². The van der Waals surface area contributed by atoms with E-state index in [9.17, 15) is 14.4 Å². The molecule has 0 radical (unpaired) electrons. The molecule has 0 bridgehead atoms. The van der Waals surface area contributed by atoms with Crippen LogP contribution in [0.5, 0.6) is 5.75 Å². The molecule has 3 rings (SSSR count). The maximum absolute atomic E-state index is 12.0. The molecule has 0 saturated carbocycles. The lowest BCUT2D eigenvalue weighted by Crippen LogP contribution is -2.41. The zero-order valence-electron chi connectivity index (χ0n) is 17.5. The Kier molecular flexibility index (Phi) is 9.05. The fraction of sp³-hybridized carbons (Fsp3) is 0.273. The van der Waals surface area contributed by atoms with Gasteiger partial charge in [-0.1, -0.05) is 23.2 Å². The highest BCUT2D eigenvalue weighted by molar-refractivity contribution is 6.42. The average molecular weight is 493 g/mol. The van der Waals surface area contributed by atoms with Crippen LogP contribution in [0.2, 0.25) is 10.0 Å². The molecule has 1 saturated heterocycles. The summed E-state index contributed by atoms with van der Waals surface area (Å²) in [6.45, 7) is 0.764. The van der Waals surface area contributed by atoms with E-state index in [0.29, 0.717) is 40.2 Å². The number of hydrogen-bond donors (Lipinski definition) is 3. The lowest BCUT2D eigenvalue weighted by Gasteiger charge is -2.09. The molecule has 2 aromatic rings. The topological polar surface area (TPSA) is 118 Å². The van der Waals surface area contributed by atoms with E-state index >= 15 is 0 Å². The zero-order valence-corrected chi connectivity index (χ0v) is 19.0. The minimum Gasteiger partial charge on any atom is -0.484 e. The van der Waals surface area contributed by atoms with Crippen molar-refractivity contribution in [1.29, 1.82) is 0 Å². The molecule has 1 aliphatic rings. The van der Waals surface area contributed by atoms with Crippen molar-refractivity contribution in [3.05, 3.63) is 58.1 Å². The van der Waals surface area contributed by atoms with E-state index in [1.165, 1.54) is 6.21 Å². The lowest BCUT2D eigenvalue weighted by atomic mass is 10.2. The van der Waals surface area contributed by atoms with Gasteiger partial charge in [-0.05, 0) is 60.9 Å². The molecule has 9 nitrogen and oxygen atoms in total. The Morgan fingerprint density at radius 3 is 2.58 bits per heavy atom. The van der Waals surface area contributed by atoms with Gasteiger partial charge >= 0.3 is 11.8 Å². The van der Waals surface area contributed by atoms with Gasteiger partial charge in [-0.25, -0.2) is 5.43 Å². The first-order valence-electron chi connectivity index (χ1n) is 10.1. The number of anilines is 1. The SMILES string of the molecule is O=C(COc1ccc(/C=N\NC(=O)C(=O)NC[C@H]2CCCO2)cc1)Nc1ccc(Cl)c(Cl)c1. The van der Waals surface area contributed by atoms with Crippen molar-refractivity contribution >= 4 is 52.8 Å². The molecule has 174 valence electrons. The molecule has 2 aromatic carbocycles. The fourth-order valence-corrected chi connectivity index (χ4v) is 3.18. The third-order valence-electron chi connectivity index (χ3n) is 4.55. The number of carbonyl (C=O) groups is 3. The molecular formula is C22H22Cl2N4O5. The van der Waals surface area contributed by atoms with Gasteiger partial charge in [-0.15, -0.1) is 0 Å². The van der Waals surface area contributed by atoms with Crippen LogP contribution in [0.3, 0.4) is 0 Å². The summed E-state index contributed by atoms with van der Waals surface area (Å²) in [7, 11) is 0. The molecule has 0 spiro atoms. The van der Waals surface area contributed by atoms with E-state index in [1.807, 2.05) is 0 Å². The van der Waals surface area contributed by atoms with Crippen LogP contribution in [0.25, 0.3) is 0 Å². The summed E-state index contributed by atoms with van der Waals surface area (Å²) >= 11 is 11.8. The summed E-state index contributed by atoms with van der Waals surface area (Å²) in [4.78, 5) is 35.5. The summed E-state index contributed by atoms with van der Waals surface area (Å²) in [5, 5.41) is 9.66. The molecule has 0 aliphatic carbocycles. The third kappa shape index (κ3) is 8.05. The number of amides is 3. The quantitative estimate of drug-likeness (QED) is 0.297. The van der Waals surface area contributed by atoms with Gasteiger partial charge in [-0.2, -0.15) is 5.10 Å². The summed E-state index contributed by atoms with van der Waals surface area (Å²) in [5.41, 5.74) is 3.33. The Bertz CT molecular complexity index is 1020. The second-order valence-corrected chi connectivity index (χ2v) is 7.89. The Hall–Kier alpha value is -3.14. The van der Waals surface area contributed by atoms with Crippen molar-refractivity contribution in [2.75, 3.05) is 25.1 Å². The number of rotatable bonds is 8. The van der Waals surface area contributed by atoms with Crippen molar-refractivity contribution in [1.82, 2.24) is 10.7 Å². The van der Waals surface area contributed by atoms with Gasteiger partial charge in [-0.3, -0.25) is 14.4 Å². The van der Waals surface area contributed by atoms with E-state index in [0.717, 1.165) is 12.8 Å². The normalized spacial score (nSPS) is 15.3. The van der Waals surface area contributed by atoms with E-state index in [-0.39, 0.29) is 18.6 Å². The molecule has 1 aliphatic heterocycles. The molecule has 3 N–H and O–H groups in total. The van der Waals surface area contributed by atoms with E-state index in [1.54, 1.807) is 42.5 Å². The fourth-order valence-electron chi connectivity index (χ4n) is 2.88. The van der Waals surface area contributed by atoms with E-state index in [4.69, 9.17) is 32.7 Å². The number of nitrogens with one attached hydrogen (secondary N) is 3. The minimum absolute atomic E-state index is 0.0482. The lowest BCUT2D eigenvalue weighted by molar-refractivity contribution is -0.139. The second-order valence-electron chi connectivity index (χ2n) is 7.08. The van der Waals surface area contributed by atoms with Crippen molar-refractivity contribution in [2.45, 2.75) is 18.9 Å². The van der Waals surface area contributed by atoms with Crippen molar-refractivity contribution in [3.63, 3.8) is 0 Å². The Morgan fingerprint density at radius 2 is 1.88 bits per heavy atom. The average Bonchev–Trinajstić information content (AvgIpc) is 3.33. The van der Waals surface area contributed by atoms with Crippen LogP contribution in [-0.2, 0) is 19.1 Å². The van der Waals surface area contributed by atoms with Crippen LogP contribution in [0, 0.1) is 0 Å². The van der Waals surface area contributed by atoms with Crippen LogP contribution in [0.4, 0.5) is 5.69 Å². The molecule has 11 heteroatoms. The van der Waals surface area contributed by atoms with Crippen molar-refractivity contribution < 1.29 is 23.9 Å². The standard InChI is InChI=1S/C22H22Cl2N4O5/c23-18-8-5-15(10-19(18)24)27-20(29)13-33-16-6-3-14(4-7-16)11-26-28-22(31)21(30)25-12-17-2-1-9-32-17/h3-8,10-11,17H,1-2,9,12-13H2,(H,25,30)(H,27,29)(H,28,31)/b26-11-/t17-/m1/s1. The molecule has 1 atom stereocenters. The molecular weight excluding hydrogens is 471 g/mol. The molecule has 0 unspecified atom stereocenters. The Labute approximate surface area is 200 Å². The molecule has 0 aromatic heterocycles. The van der Waals surface area contributed by atoms with Crippen LogP contribution in [0.1, 0.15) is 18.4 Å². The van der Waals surface area contributed by atoms with Crippen molar-refractivity contribution in [3.8, 4) is 5.75 Å². The molecule has 1 heterocycles. The highest BCUT2D eigenvalue weighted by atomic mass is 35.5. The number of ether oxygens (including phenoxy) is 2. The van der Waals surface area contributed by atoms with Gasteiger partial charge in [0.25, 0.3) is 5.91 Å². The predicted molar refractivity (Wildman–Crippen MR) is 125 cm³/mol. The van der Waals surface area contributed by atoms with Gasteiger partial charge < -0.3 is 20.1 Å². The maximum Gasteiger partial charge on any atom is 0.329 e. The number of benzene rings is 2. The van der Waals surface area contributed by atoms with Gasteiger partial charge in [0.05, 0.1) is 22.4 Å². The van der Waals surface area contributed by atoms with E-state index < -0.39 is 11.8 Å². The highest BCUT2D eigenvalue weighted by Crippen LogP contribution is 2.25. The number of halogens is 2. The number of carbonyl (C=O) groups excluding carboxylic acids is 3. The van der Waals surface area contributed by atoms with Crippen LogP contribution >= 0.6 is 23.2 Å². The van der Waals surface area contributed by atoms with Gasteiger partial charge in [0, 0.05) is 18.8 Å². The summed E-state index contributed by atoms with van der Waals surface area (Å²) < 4.78 is 10.8. The number of hydrogen-bond acceptors (Lipinski definition) is 6. The third-order valence-corrected chi connectivity index (χ3v) is 5.29. The van der Waals surface area contributed by atoms with Gasteiger partial charge in [0.1, 0.15) is 5.75 Å². The Balaban J connectivity index is 1.38. The van der Waals surface area contributed by atoms with Gasteiger partial charge in [0.15, 0.2) is 6.61 Å². The Morgan fingerprint density at radius 1 is 1.09 bits per heavy atom. The monoisotopic (exact) mass is 492 g/mol. The molecule has 33 heavy (non-hydrogen) atoms. The first-order chi connectivity index (χ1) is 15.9. The number of nitrogens with zero attached hydrogens (tertiary/aromatic N) is 1. The van der Waals surface area contributed by atoms with Crippen LogP contribution in [-0.4, -0.2) is 49.8 Å². The minimum atomic E-state index is -0.864. The largest absolute Gasteiger partial charge is 0.484 e. The second kappa shape index (κ2) is 12.2.